The van der Waals surface area contributed by atoms with E-state index >= 15 is 0 Å². The Morgan fingerprint density at radius 3 is 2.62 bits per heavy atom. The SMILES string of the molecule is CCCCc1ccc(N2C[C@@H](C(=O)NCC)CC2=O)cc1. The minimum absolute atomic E-state index is 0.0204. The molecule has 0 aliphatic carbocycles. The van der Waals surface area contributed by atoms with Crippen molar-refractivity contribution in [3.63, 3.8) is 0 Å². The third-order valence-electron chi connectivity index (χ3n) is 3.91. The fraction of sp³-hybridized carbons (Fsp3) is 0.529. The molecule has 21 heavy (non-hydrogen) atoms. The van der Waals surface area contributed by atoms with Gasteiger partial charge in [-0.2, -0.15) is 0 Å². The van der Waals surface area contributed by atoms with Gasteiger partial charge in [-0.05, 0) is 37.5 Å². The van der Waals surface area contributed by atoms with Crippen LogP contribution in [0.2, 0.25) is 0 Å². The second kappa shape index (κ2) is 7.25. The Kier molecular flexibility index (Phi) is 5.37. The summed E-state index contributed by atoms with van der Waals surface area (Å²) in [6.07, 6.45) is 3.75. The second-order valence-electron chi connectivity index (χ2n) is 5.57. The number of nitrogens with zero attached hydrogens (tertiary/aromatic N) is 1. The van der Waals surface area contributed by atoms with Crippen LogP contribution >= 0.6 is 0 Å². The summed E-state index contributed by atoms with van der Waals surface area (Å²) in [6, 6.07) is 8.14. The predicted octanol–water partition coefficient (Wildman–Crippen LogP) is 2.52. The molecule has 2 amide bonds. The molecule has 1 aromatic rings. The number of benzene rings is 1. The first-order chi connectivity index (χ1) is 10.2. The molecule has 0 aromatic heterocycles. The molecule has 1 N–H and O–H groups in total. The Balaban J connectivity index is 2.01. The van der Waals surface area contributed by atoms with Crippen molar-refractivity contribution in [1.82, 2.24) is 5.32 Å². The van der Waals surface area contributed by atoms with Crippen LogP contribution in [0.1, 0.15) is 38.7 Å². The highest BCUT2D eigenvalue weighted by molar-refractivity contribution is 6.00. The summed E-state index contributed by atoms with van der Waals surface area (Å²) < 4.78 is 0. The molecule has 2 rings (SSSR count). The predicted molar refractivity (Wildman–Crippen MR) is 84.2 cm³/mol. The second-order valence-corrected chi connectivity index (χ2v) is 5.57. The van der Waals surface area contributed by atoms with Crippen LogP contribution < -0.4 is 10.2 Å². The first-order valence-electron chi connectivity index (χ1n) is 7.82. The number of carbonyl (C=O) groups excluding carboxylic acids is 2. The topological polar surface area (TPSA) is 49.4 Å². The molecule has 0 radical (unpaired) electrons. The molecule has 1 heterocycles. The highest BCUT2D eigenvalue weighted by atomic mass is 16.2. The van der Waals surface area contributed by atoms with Crippen LogP contribution in [0, 0.1) is 5.92 Å². The van der Waals surface area contributed by atoms with Crippen LogP contribution in [0.4, 0.5) is 5.69 Å². The van der Waals surface area contributed by atoms with Gasteiger partial charge >= 0.3 is 0 Å². The molecule has 1 saturated heterocycles. The quantitative estimate of drug-likeness (QED) is 0.874. The van der Waals surface area contributed by atoms with Gasteiger partial charge in [-0.1, -0.05) is 25.5 Å². The first-order valence-corrected chi connectivity index (χ1v) is 7.82. The summed E-state index contributed by atoms with van der Waals surface area (Å²) >= 11 is 0. The summed E-state index contributed by atoms with van der Waals surface area (Å²) in [7, 11) is 0. The van der Waals surface area contributed by atoms with Gasteiger partial charge in [0.2, 0.25) is 11.8 Å². The van der Waals surface area contributed by atoms with E-state index in [4.69, 9.17) is 0 Å². The molecule has 0 saturated carbocycles. The number of carbonyl (C=O) groups is 2. The van der Waals surface area contributed by atoms with Crippen LogP contribution in [0.25, 0.3) is 0 Å². The summed E-state index contributed by atoms with van der Waals surface area (Å²) in [5.74, 6) is -0.210. The highest BCUT2D eigenvalue weighted by Gasteiger charge is 2.34. The van der Waals surface area contributed by atoms with E-state index < -0.39 is 0 Å². The largest absolute Gasteiger partial charge is 0.356 e. The maximum absolute atomic E-state index is 12.1. The van der Waals surface area contributed by atoms with Gasteiger partial charge in [0, 0.05) is 25.2 Å². The van der Waals surface area contributed by atoms with Crippen LogP contribution in [0.3, 0.4) is 0 Å². The van der Waals surface area contributed by atoms with Crippen LogP contribution in [0.5, 0.6) is 0 Å². The van der Waals surface area contributed by atoms with E-state index in [-0.39, 0.29) is 17.7 Å². The number of anilines is 1. The highest BCUT2D eigenvalue weighted by Crippen LogP contribution is 2.25. The lowest BCUT2D eigenvalue weighted by Gasteiger charge is -2.17. The van der Waals surface area contributed by atoms with E-state index in [1.54, 1.807) is 4.90 Å². The fourth-order valence-electron chi connectivity index (χ4n) is 2.67. The zero-order valence-electron chi connectivity index (χ0n) is 12.9. The van der Waals surface area contributed by atoms with Crippen molar-refractivity contribution in [3.8, 4) is 0 Å². The average Bonchev–Trinajstić information content (AvgIpc) is 2.88. The molecule has 0 bridgehead atoms. The van der Waals surface area contributed by atoms with Gasteiger partial charge in [-0.15, -0.1) is 0 Å². The number of rotatable bonds is 6. The van der Waals surface area contributed by atoms with Gasteiger partial charge in [-0.25, -0.2) is 0 Å². The summed E-state index contributed by atoms with van der Waals surface area (Å²) in [4.78, 5) is 25.7. The number of nitrogens with one attached hydrogen (secondary N) is 1. The van der Waals surface area contributed by atoms with Gasteiger partial charge in [0.05, 0.1) is 5.92 Å². The lowest BCUT2D eigenvalue weighted by Crippen LogP contribution is -2.32. The number of hydrogen-bond donors (Lipinski definition) is 1. The summed E-state index contributed by atoms with van der Waals surface area (Å²) in [6.45, 7) is 5.16. The van der Waals surface area contributed by atoms with E-state index in [0.29, 0.717) is 19.5 Å². The zero-order chi connectivity index (χ0) is 15.2. The Labute approximate surface area is 126 Å². The third-order valence-corrected chi connectivity index (χ3v) is 3.91. The number of amides is 2. The van der Waals surface area contributed by atoms with Crippen LogP contribution in [-0.4, -0.2) is 24.9 Å². The van der Waals surface area contributed by atoms with E-state index in [2.05, 4.69) is 24.4 Å². The normalized spacial score (nSPS) is 18.1. The molecule has 1 aromatic carbocycles. The molecule has 1 fully saturated rings. The van der Waals surface area contributed by atoms with Gasteiger partial charge in [0.25, 0.3) is 0 Å². The van der Waals surface area contributed by atoms with Crippen molar-refractivity contribution < 1.29 is 9.59 Å². The van der Waals surface area contributed by atoms with Crippen LogP contribution in [-0.2, 0) is 16.0 Å². The van der Waals surface area contributed by atoms with E-state index in [1.165, 1.54) is 18.4 Å². The molecule has 1 aliphatic rings. The zero-order valence-corrected chi connectivity index (χ0v) is 12.9. The Bertz CT molecular complexity index is 496. The van der Waals surface area contributed by atoms with Crippen molar-refractivity contribution in [2.75, 3.05) is 18.0 Å². The maximum Gasteiger partial charge on any atom is 0.227 e. The Morgan fingerprint density at radius 1 is 1.29 bits per heavy atom. The molecule has 114 valence electrons. The number of aryl methyl sites for hydroxylation is 1. The van der Waals surface area contributed by atoms with E-state index in [0.717, 1.165) is 12.1 Å². The van der Waals surface area contributed by atoms with Crippen molar-refractivity contribution >= 4 is 17.5 Å². The fourth-order valence-corrected chi connectivity index (χ4v) is 2.67. The van der Waals surface area contributed by atoms with Gasteiger partial charge in [-0.3, -0.25) is 9.59 Å². The van der Waals surface area contributed by atoms with Gasteiger partial charge < -0.3 is 10.2 Å². The lowest BCUT2D eigenvalue weighted by molar-refractivity contribution is -0.126. The van der Waals surface area contributed by atoms with Crippen molar-refractivity contribution in [1.29, 1.82) is 0 Å². The number of hydrogen-bond acceptors (Lipinski definition) is 2. The molecule has 4 nitrogen and oxygen atoms in total. The monoisotopic (exact) mass is 288 g/mol. The third kappa shape index (κ3) is 3.84. The minimum atomic E-state index is -0.225. The Morgan fingerprint density at radius 2 is 2.00 bits per heavy atom. The van der Waals surface area contributed by atoms with Crippen molar-refractivity contribution in [2.45, 2.75) is 39.5 Å². The molecule has 1 aliphatic heterocycles. The van der Waals surface area contributed by atoms with Crippen molar-refractivity contribution in [3.05, 3.63) is 29.8 Å². The summed E-state index contributed by atoms with van der Waals surface area (Å²) in [5.41, 5.74) is 2.19. The van der Waals surface area contributed by atoms with Crippen LogP contribution in [0.15, 0.2) is 24.3 Å². The van der Waals surface area contributed by atoms with E-state index in [1.807, 2.05) is 19.1 Å². The molecule has 1 atom stereocenters. The van der Waals surface area contributed by atoms with Gasteiger partial charge in [0.15, 0.2) is 0 Å². The summed E-state index contributed by atoms with van der Waals surface area (Å²) in [5, 5.41) is 2.79. The molecule has 0 unspecified atom stereocenters. The molecular weight excluding hydrogens is 264 g/mol. The molecular formula is C17H24N2O2. The first kappa shape index (κ1) is 15.5. The molecule has 4 heteroatoms. The average molecular weight is 288 g/mol. The standard InChI is InChI=1S/C17H24N2O2/c1-3-5-6-13-7-9-15(10-8-13)19-12-14(11-16(19)20)17(21)18-4-2/h7-10,14H,3-6,11-12H2,1-2H3,(H,18,21)/t14-/m0/s1. The smallest absolute Gasteiger partial charge is 0.227 e. The maximum atomic E-state index is 12.1. The molecule has 0 spiro atoms. The lowest BCUT2D eigenvalue weighted by atomic mass is 10.1. The Hall–Kier alpha value is -1.84. The van der Waals surface area contributed by atoms with Gasteiger partial charge in [0.1, 0.15) is 0 Å². The minimum Gasteiger partial charge on any atom is -0.356 e. The van der Waals surface area contributed by atoms with Crippen molar-refractivity contribution in [2.24, 2.45) is 5.92 Å². The number of unbranched alkanes of at least 4 members (excludes halogenated alkanes) is 1. The van der Waals surface area contributed by atoms with E-state index in [9.17, 15) is 9.59 Å².